The van der Waals surface area contributed by atoms with Gasteiger partial charge in [-0.25, -0.2) is 0 Å². The Bertz CT molecular complexity index is 1060. The Hall–Kier alpha value is -2.32. The summed E-state index contributed by atoms with van der Waals surface area (Å²) in [6.45, 7) is 22.0. The average Bonchev–Trinajstić information content (AvgIpc) is 3.85. The molecule has 1 aliphatic heterocycles. The molecule has 2 aromatic carbocycles. The monoisotopic (exact) mass is 661 g/mol. The minimum Gasteiger partial charge on any atom is -0.466 e. The topological polar surface area (TPSA) is 22.4 Å². The lowest BCUT2D eigenvalue weighted by Crippen LogP contribution is -2.17. The van der Waals surface area contributed by atoms with E-state index in [0.29, 0.717) is 12.2 Å². The Morgan fingerprint density at radius 3 is 1.08 bits per heavy atom. The Kier molecular flexibility index (Phi) is 25.0. The van der Waals surface area contributed by atoms with Gasteiger partial charge in [-0.05, 0) is 97.6 Å². The molecule has 0 amide bonds. The molecule has 5 rings (SSSR count). The third-order valence-corrected chi connectivity index (χ3v) is 10.4. The second kappa shape index (κ2) is 27.5. The number of rotatable bonds is 10. The smallest absolute Gasteiger partial charge is 0.103 e. The van der Waals surface area contributed by atoms with Crippen LogP contribution < -0.4 is 0 Å². The van der Waals surface area contributed by atoms with Gasteiger partial charge in [-0.15, -0.1) is 0 Å². The van der Waals surface area contributed by atoms with E-state index in [1.54, 1.807) is 0 Å². The summed E-state index contributed by atoms with van der Waals surface area (Å²) < 4.78 is 11.0. The fourth-order valence-electron chi connectivity index (χ4n) is 6.80. The minimum absolute atomic E-state index is 0.579. The first-order valence-electron chi connectivity index (χ1n) is 20.2. The van der Waals surface area contributed by atoms with E-state index in [9.17, 15) is 0 Å². The van der Waals surface area contributed by atoms with Crippen LogP contribution in [0.1, 0.15) is 167 Å². The van der Waals surface area contributed by atoms with Crippen LogP contribution in [-0.4, -0.2) is 12.2 Å². The average molecular weight is 661 g/mol. The maximum absolute atomic E-state index is 5.66. The van der Waals surface area contributed by atoms with Crippen molar-refractivity contribution < 1.29 is 9.15 Å². The van der Waals surface area contributed by atoms with E-state index in [4.69, 9.17) is 9.15 Å². The number of hydrogen-bond acceptors (Lipinski definition) is 2. The molecule has 2 aliphatic rings. The summed E-state index contributed by atoms with van der Waals surface area (Å²) in [4.78, 5) is 0. The summed E-state index contributed by atoms with van der Waals surface area (Å²) in [5.41, 5.74) is 5.84. The van der Waals surface area contributed by atoms with Crippen LogP contribution in [-0.2, 0) is 43.3 Å². The molecule has 1 aliphatic carbocycles. The molecular weight excluding hydrogens is 585 g/mol. The zero-order chi connectivity index (χ0) is 35.6. The Morgan fingerprint density at radius 2 is 0.833 bits per heavy atom. The standard InChI is InChI=1S/C10H14.C10H20.C10H14.C8H16O.C8H12O/c1-3-9-5-7-10(4-2)8-6-9;2*1-3-9-7-5-6-8-10(9)4-2;2*1-3-7-5-6-8(4-2)9-7/h5-8H,3-4H2,1-2H3;9-10H,3-8H2,1-2H3;5-8H,3-4H2,1-2H3;7-8H,3-6H2,1-2H3;5-6H,3-4H2,1-2H3. The van der Waals surface area contributed by atoms with Gasteiger partial charge in [0.25, 0.3) is 0 Å². The first-order chi connectivity index (χ1) is 23.4. The summed E-state index contributed by atoms with van der Waals surface area (Å²) >= 11 is 0. The highest BCUT2D eigenvalue weighted by molar-refractivity contribution is 5.26. The third kappa shape index (κ3) is 17.4. The highest BCUT2D eigenvalue weighted by Gasteiger charge is 2.22. The Labute approximate surface area is 298 Å². The van der Waals surface area contributed by atoms with Crippen LogP contribution in [0.25, 0.3) is 0 Å². The summed E-state index contributed by atoms with van der Waals surface area (Å²) in [6, 6.07) is 21.5. The van der Waals surface area contributed by atoms with E-state index >= 15 is 0 Å². The number of aryl methyl sites for hydroxylation is 6. The summed E-state index contributed by atoms with van der Waals surface area (Å²) in [5, 5.41) is 0. The fourth-order valence-corrected chi connectivity index (χ4v) is 6.80. The molecule has 48 heavy (non-hydrogen) atoms. The molecule has 0 spiro atoms. The van der Waals surface area contributed by atoms with E-state index in [1.807, 2.05) is 12.1 Å². The van der Waals surface area contributed by atoms with Crippen LogP contribution in [0.5, 0.6) is 0 Å². The van der Waals surface area contributed by atoms with E-state index in [-0.39, 0.29) is 0 Å². The van der Waals surface area contributed by atoms with Crippen molar-refractivity contribution in [2.24, 2.45) is 11.8 Å². The van der Waals surface area contributed by atoms with Gasteiger partial charge >= 0.3 is 0 Å². The maximum Gasteiger partial charge on any atom is 0.103 e. The first kappa shape index (κ1) is 43.7. The van der Waals surface area contributed by atoms with Gasteiger partial charge in [0.05, 0.1) is 12.2 Å². The summed E-state index contributed by atoms with van der Waals surface area (Å²) in [5.74, 6) is 4.32. The van der Waals surface area contributed by atoms with E-state index in [1.165, 1.54) is 86.5 Å². The van der Waals surface area contributed by atoms with E-state index in [0.717, 1.165) is 61.9 Å². The molecule has 2 heteroatoms. The molecule has 1 saturated carbocycles. The lowest BCUT2D eigenvalue weighted by Gasteiger charge is -2.29. The Balaban J connectivity index is 0.000000300. The lowest BCUT2D eigenvalue weighted by atomic mass is 9.77. The fraction of sp³-hybridized carbons (Fsp3) is 0.652. The van der Waals surface area contributed by atoms with Crippen molar-refractivity contribution in [1.29, 1.82) is 0 Å². The normalized spacial score (nSPS) is 19.7. The minimum atomic E-state index is 0.579. The Morgan fingerprint density at radius 1 is 0.438 bits per heavy atom. The molecule has 4 atom stereocenters. The van der Waals surface area contributed by atoms with Gasteiger partial charge < -0.3 is 9.15 Å². The van der Waals surface area contributed by atoms with Crippen molar-refractivity contribution in [3.63, 3.8) is 0 Å². The molecule has 0 bridgehead atoms. The third-order valence-electron chi connectivity index (χ3n) is 10.4. The molecule has 2 heterocycles. The van der Waals surface area contributed by atoms with Crippen molar-refractivity contribution in [2.45, 2.75) is 184 Å². The van der Waals surface area contributed by atoms with Crippen LogP contribution in [0.3, 0.4) is 0 Å². The molecule has 0 N–H and O–H groups in total. The van der Waals surface area contributed by atoms with Crippen LogP contribution in [0.2, 0.25) is 0 Å². The first-order valence-corrected chi connectivity index (χ1v) is 20.2. The van der Waals surface area contributed by atoms with Gasteiger partial charge in [0.15, 0.2) is 0 Å². The van der Waals surface area contributed by atoms with Crippen molar-refractivity contribution in [2.75, 3.05) is 0 Å². The zero-order valence-electron chi connectivity index (χ0n) is 33.2. The van der Waals surface area contributed by atoms with Gasteiger partial charge in [0, 0.05) is 12.8 Å². The van der Waals surface area contributed by atoms with E-state index < -0.39 is 0 Å². The van der Waals surface area contributed by atoms with Crippen molar-refractivity contribution in [1.82, 2.24) is 0 Å². The molecule has 2 fully saturated rings. The van der Waals surface area contributed by atoms with Crippen LogP contribution in [0, 0.1) is 11.8 Å². The highest BCUT2D eigenvalue weighted by Crippen LogP contribution is 2.33. The molecule has 0 radical (unpaired) electrons. The quantitative estimate of drug-likeness (QED) is 0.216. The van der Waals surface area contributed by atoms with Gasteiger partial charge in [0.1, 0.15) is 11.5 Å². The SMILES string of the molecule is CCC1CCC(CC)O1.CCC1CCCCC1CC.CCc1ccc(CC)cc1.CCc1ccc(CC)o1.CCc1ccccc1CC. The van der Waals surface area contributed by atoms with Gasteiger partial charge in [-0.1, -0.05) is 156 Å². The number of furan rings is 1. The zero-order valence-corrected chi connectivity index (χ0v) is 33.2. The van der Waals surface area contributed by atoms with Crippen LogP contribution in [0.4, 0.5) is 0 Å². The van der Waals surface area contributed by atoms with Crippen molar-refractivity contribution >= 4 is 0 Å². The summed E-state index contributed by atoms with van der Waals surface area (Å²) in [6.07, 6.45) is 21.6. The molecular formula is C46H76O2. The molecule has 1 saturated heterocycles. The van der Waals surface area contributed by atoms with Gasteiger partial charge in [-0.2, -0.15) is 0 Å². The van der Waals surface area contributed by atoms with Crippen LogP contribution >= 0.6 is 0 Å². The number of ether oxygens (including phenoxy) is 1. The number of benzene rings is 2. The molecule has 3 aromatic rings. The predicted octanol–water partition coefficient (Wildman–Crippen LogP) is 14.0. The second-order valence-electron chi connectivity index (χ2n) is 13.5. The second-order valence-corrected chi connectivity index (χ2v) is 13.5. The highest BCUT2D eigenvalue weighted by atomic mass is 16.5. The van der Waals surface area contributed by atoms with Crippen molar-refractivity contribution in [3.05, 3.63) is 94.4 Å². The maximum atomic E-state index is 5.66. The lowest BCUT2D eigenvalue weighted by molar-refractivity contribution is 0.0416. The van der Waals surface area contributed by atoms with E-state index in [2.05, 4.69) is 118 Å². The predicted molar refractivity (Wildman–Crippen MR) is 212 cm³/mol. The summed E-state index contributed by atoms with van der Waals surface area (Å²) in [7, 11) is 0. The molecule has 272 valence electrons. The molecule has 2 nitrogen and oxygen atoms in total. The van der Waals surface area contributed by atoms with Gasteiger partial charge in [0.2, 0.25) is 0 Å². The van der Waals surface area contributed by atoms with Crippen LogP contribution in [0.15, 0.2) is 65.1 Å². The largest absolute Gasteiger partial charge is 0.466 e. The van der Waals surface area contributed by atoms with Gasteiger partial charge in [-0.3, -0.25) is 0 Å². The van der Waals surface area contributed by atoms with Crippen molar-refractivity contribution in [3.8, 4) is 0 Å². The molecule has 1 aromatic heterocycles. The molecule has 4 unspecified atom stereocenters. The number of hydrogen-bond donors (Lipinski definition) is 0.